The number of phenolic OH excluding ortho intramolecular Hbond substituents is 1. The minimum atomic E-state index is -0.260. The lowest BCUT2D eigenvalue weighted by Crippen LogP contribution is -2.13. The third kappa shape index (κ3) is 5.76. The number of halogens is 1. The van der Waals surface area contributed by atoms with Crippen molar-refractivity contribution in [1.82, 2.24) is 4.98 Å². The molecule has 0 saturated heterocycles. The number of carbonyl (C=O) groups is 1. The first-order valence-electron chi connectivity index (χ1n) is 11.7. The molecule has 188 valence electrons. The van der Waals surface area contributed by atoms with E-state index in [9.17, 15) is 15.0 Å². The van der Waals surface area contributed by atoms with Crippen molar-refractivity contribution in [2.45, 2.75) is 13.8 Å². The van der Waals surface area contributed by atoms with Gasteiger partial charge in [0.15, 0.2) is 0 Å². The van der Waals surface area contributed by atoms with E-state index >= 15 is 0 Å². The smallest absolute Gasteiger partial charge is 0.211 e. The molecule has 0 bridgehead atoms. The Balaban J connectivity index is 1.68. The number of carbonyl (C=O) groups excluding carboxylic acids is 1. The summed E-state index contributed by atoms with van der Waals surface area (Å²) in [5.74, 6) is 0.0209. The minimum absolute atomic E-state index is 0.114. The summed E-state index contributed by atoms with van der Waals surface area (Å²) in [5.41, 5.74) is 5.24. The first-order chi connectivity index (χ1) is 17.6. The summed E-state index contributed by atoms with van der Waals surface area (Å²) in [4.78, 5) is 21.8. The molecule has 3 aromatic carbocycles. The number of benzene rings is 3. The molecule has 0 fully saturated rings. The maximum absolute atomic E-state index is 13.5. The molecule has 0 unspecified atom stereocenters. The zero-order valence-electron chi connectivity index (χ0n) is 21.1. The summed E-state index contributed by atoms with van der Waals surface area (Å²) < 4.78 is 0. The van der Waals surface area contributed by atoms with E-state index in [1.54, 1.807) is 48.7 Å². The van der Waals surface area contributed by atoms with Crippen LogP contribution in [0.1, 0.15) is 35.5 Å². The number of hydrogen-bond donors (Lipinski definition) is 2. The second-order valence-corrected chi connectivity index (χ2v) is 9.40. The van der Waals surface area contributed by atoms with Crippen molar-refractivity contribution in [3.05, 3.63) is 112 Å². The third-order valence-corrected chi connectivity index (χ3v) is 6.39. The fourth-order valence-corrected chi connectivity index (χ4v) is 3.99. The largest absolute Gasteiger partial charge is 0.508 e. The van der Waals surface area contributed by atoms with E-state index in [-0.39, 0.29) is 17.3 Å². The summed E-state index contributed by atoms with van der Waals surface area (Å²) in [6.45, 7) is 3.62. The maximum Gasteiger partial charge on any atom is 0.211 e. The summed E-state index contributed by atoms with van der Waals surface area (Å²) in [5, 5.41) is 21.0. The molecule has 37 heavy (non-hydrogen) atoms. The van der Waals surface area contributed by atoms with Gasteiger partial charge in [-0.05, 0) is 98.3 Å². The zero-order chi connectivity index (χ0) is 26.7. The molecule has 0 saturated carbocycles. The van der Waals surface area contributed by atoms with Gasteiger partial charge in [0, 0.05) is 47.3 Å². The van der Waals surface area contributed by atoms with Crippen LogP contribution in [-0.2, 0) is 0 Å². The van der Waals surface area contributed by atoms with Gasteiger partial charge in [-0.15, -0.1) is 0 Å². The number of anilines is 4. The number of pyridine rings is 1. The lowest BCUT2D eigenvalue weighted by molar-refractivity contribution is 0.103. The normalized spacial score (nSPS) is 10.6. The van der Waals surface area contributed by atoms with Crippen LogP contribution >= 0.6 is 11.6 Å². The highest BCUT2D eigenvalue weighted by molar-refractivity contribution is 6.30. The Morgan fingerprint density at radius 1 is 0.757 bits per heavy atom. The number of aromatic hydroxyl groups is 1. The molecule has 0 aliphatic rings. The van der Waals surface area contributed by atoms with Crippen LogP contribution in [0.3, 0.4) is 0 Å². The Hall–Kier alpha value is -4.29. The van der Waals surface area contributed by atoms with Gasteiger partial charge in [0.2, 0.25) is 5.78 Å². The van der Waals surface area contributed by atoms with E-state index in [2.05, 4.69) is 4.98 Å². The van der Waals surface area contributed by atoms with Gasteiger partial charge in [0.05, 0.1) is 11.9 Å². The minimum Gasteiger partial charge on any atom is -0.508 e. The fourth-order valence-electron chi connectivity index (χ4n) is 3.87. The Labute approximate surface area is 221 Å². The highest BCUT2D eigenvalue weighted by Crippen LogP contribution is 2.31. The SMILES string of the molecule is CC(C)=C(O)c1cc(C(=O)c2ccc(N(C)c3ccc(Cl)cc3)cn2)cc(N(C)c2ccc(O)cc2)c1. The van der Waals surface area contributed by atoms with Crippen LogP contribution in [0, 0.1) is 0 Å². The predicted octanol–water partition coefficient (Wildman–Crippen LogP) is 7.52. The van der Waals surface area contributed by atoms with Gasteiger partial charge in [-0.25, -0.2) is 0 Å². The first kappa shape index (κ1) is 25.8. The summed E-state index contributed by atoms with van der Waals surface area (Å²) in [6, 6.07) is 23.0. The van der Waals surface area contributed by atoms with Crippen molar-refractivity contribution in [3.8, 4) is 5.75 Å². The van der Waals surface area contributed by atoms with E-state index < -0.39 is 0 Å². The number of hydrogen-bond acceptors (Lipinski definition) is 6. The summed E-state index contributed by atoms with van der Waals surface area (Å²) in [6.07, 6.45) is 1.66. The number of aliphatic hydroxyl groups is 1. The Kier molecular flexibility index (Phi) is 7.50. The van der Waals surface area contributed by atoms with E-state index in [1.807, 2.05) is 74.1 Å². The van der Waals surface area contributed by atoms with Gasteiger partial charge in [0.1, 0.15) is 17.2 Å². The van der Waals surface area contributed by atoms with Crippen molar-refractivity contribution < 1.29 is 15.0 Å². The van der Waals surface area contributed by atoms with Gasteiger partial charge in [-0.3, -0.25) is 9.78 Å². The van der Waals surface area contributed by atoms with Crippen LogP contribution in [0.2, 0.25) is 5.02 Å². The van der Waals surface area contributed by atoms with Crippen molar-refractivity contribution in [3.63, 3.8) is 0 Å². The van der Waals surface area contributed by atoms with Crippen LogP contribution < -0.4 is 9.80 Å². The van der Waals surface area contributed by atoms with Crippen LogP contribution in [0.25, 0.3) is 5.76 Å². The topological polar surface area (TPSA) is 76.9 Å². The third-order valence-electron chi connectivity index (χ3n) is 6.13. The maximum atomic E-state index is 13.5. The highest BCUT2D eigenvalue weighted by Gasteiger charge is 2.17. The quantitative estimate of drug-likeness (QED) is 0.196. The second-order valence-electron chi connectivity index (χ2n) is 8.96. The van der Waals surface area contributed by atoms with Crippen molar-refractivity contribution in [2.75, 3.05) is 23.9 Å². The van der Waals surface area contributed by atoms with Crippen LogP contribution in [0.4, 0.5) is 22.7 Å². The van der Waals surface area contributed by atoms with E-state index in [0.717, 1.165) is 22.6 Å². The van der Waals surface area contributed by atoms with E-state index in [4.69, 9.17) is 11.6 Å². The van der Waals surface area contributed by atoms with Gasteiger partial charge in [-0.2, -0.15) is 0 Å². The molecule has 0 aliphatic carbocycles. The number of ketones is 1. The molecular weight excluding hydrogens is 486 g/mol. The van der Waals surface area contributed by atoms with Crippen LogP contribution in [0.5, 0.6) is 5.75 Å². The molecule has 6 nitrogen and oxygen atoms in total. The molecule has 1 heterocycles. The second kappa shape index (κ2) is 10.8. The van der Waals surface area contributed by atoms with Crippen molar-refractivity contribution >= 4 is 45.9 Å². The number of aliphatic hydroxyl groups excluding tert-OH is 1. The molecule has 0 spiro atoms. The molecule has 2 N–H and O–H groups in total. The van der Waals surface area contributed by atoms with Gasteiger partial charge in [-0.1, -0.05) is 11.6 Å². The van der Waals surface area contributed by atoms with Crippen LogP contribution in [-0.4, -0.2) is 35.1 Å². The molecule has 0 aliphatic heterocycles. The number of rotatable bonds is 7. The number of phenols is 1. The molecule has 7 heteroatoms. The number of aromatic nitrogens is 1. The van der Waals surface area contributed by atoms with Crippen LogP contribution in [0.15, 0.2) is 90.6 Å². The Morgan fingerprint density at radius 3 is 1.86 bits per heavy atom. The molecule has 0 atom stereocenters. The predicted molar refractivity (Wildman–Crippen MR) is 151 cm³/mol. The monoisotopic (exact) mass is 513 g/mol. The van der Waals surface area contributed by atoms with Gasteiger partial charge >= 0.3 is 0 Å². The standard InChI is InChI=1S/C30H28ClN3O3/c1-19(2)29(36)20-15-21(17-26(16-20)34(4)24-9-12-27(35)13-10-24)30(37)28-14-11-25(18-32-28)33(3)23-7-5-22(31)6-8-23/h5-18,35-36H,1-4H3. The Morgan fingerprint density at radius 2 is 1.30 bits per heavy atom. The molecule has 4 aromatic rings. The number of allylic oxidation sites excluding steroid dienone is 1. The van der Waals surface area contributed by atoms with Gasteiger partial charge < -0.3 is 20.0 Å². The fraction of sp³-hybridized carbons (Fsp3) is 0.133. The van der Waals surface area contributed by atoms with E-state index in [0.29, 0.717) is 27.5 Å². The molecular formula is C30H28ClN3O3. The zero-order valence-corrected chi connectivity index (χ0v) is 21.9. The van der Waals surface area contributed by atoms with Crippen molar-refractivity contribution in [1.29, 1.82) is 0 Å². The first-order valence-corrected chi connectivity index (χ1v) is 12.1. The molecule has 1 aromatic heterocycles. The Bertz CT molecular complexity index is 1440. The highest BCUT2D eigenvalue weighted by atomic mass is 35.5. The molecule has 4 rings (SSSR count). The average molecular weight is 514 g/mol. The van der Waals surface area contributed by atoms with Crippen molar-refractivity contribution in [2.24, 2.45) is 0 Å². The molecule has 0 amide bonds. The van der Waals surface area contributed by atoms with E-state index in [1.165, 1.54) is 0 Å². The molecule has 0 radical (unpaired) electrons. The lowest BCUT2D eigenvalue weighted by Gasteiger charge is -2.22. The lowest BCUT2D eigenvalue weighted by atomic mass is 10.0. The summed E-state index contributed by atoms with van der Waals surface area (Å²) in [7, 11) is 3.78. The van der Waals surface area contributed by atoms with Gasteiger partial charge in [0.25, 0.3) is 0 Å². The average Bonchev–Trinajstić information content (AvgIpc) is 2.92. The number of nitrogens with zero attached hydrogens (tertiary/aromatic N) is 3. The summed E-state index contributed by atoms with van der Waals surface area (Å²) >= 11 is 6.00.